The normalized spacial score (nSPS) is 24.1. The van der Waals surface area contributed by atoms with E-state index >= 15 is 0 Å². The van der Waals surface area contributed by atoms with Gasteiger partial charge in [0.25, 0.3) is 0 Å². The Kier molecular flexibility index (Phi) is 6.73. The molecule has 8 heteroatoms. The number of ketones is 3. The number of ether oxygens (including phenoxy) is 1. The number of amides is 2. The van der Waals surface area contributed by atoms with Crippen LogP contribution in [0.15, 0.2) is 107 Å². The number of allylic oxidation sites excluding steroid dienone is 6. The molecule has 1 aliphatic heterocycles. The Balaban J connectivity index is 1.26. The average Bonchev–Trinajstić information content (AvgIpc) is 3.32. The van der Waals surface area contributed by atoms with Crippen LogP contribution in [0, 0.1) is 17.8 Å². The smallest absolute Gasteiger partial charge is 0.238 e. The van der Waals surface area contributed by atoms with E-state index in [9.17, 15) is 29.1 Å². The predicted octanol–water partition coefficient (Wildman–Crippen LogP) is 5.27. The molecule has 4 unspecified atom stereocenters. The molecule has 3 aliphatic carbocycles. The molecule has 45 heavy (non-hydrogen) atoms. The maximum Gasteiger partial charge on any atom is 0.238 e. The van der Waals surface area contributed by atoms with E-state index in [4.69, 9.17) is 4.74 Å². The monoisotopic (exact) mass is 599 g/mol. The van der Waals surface area contributed by atoms with Gasteiger partial charge in [-0.05, 0) is 73.7 Å². The van der Waals surface area contributed by atoms with Crippen molar-refractivity contribution in [2.75, 3.05) is 12.0 Å². The molecular formula is C37H29NO7. The molecule has 0 saturated carbocycles. The lowest BCUT2D eigenvalue weighted by atomic mass is 9.59. The molecule has 0 spiro atoms. The highest BCUT2D eigenvalue weighted by molar-refractivity contribution is 6.25. The number of carbonyl (C=O) groups excluding carboxylic acids is 5. The summed E-state index contributed by atoms with van der Waals surface area (Å²) in [6.07, 6.45) is 3.72. The van der Waals surface area contributed by atoms with E-state index in [1.165, 1.54) is 24.2 Å². The number of imide groups is 1. The number of anilines is 1. The molecule has 8 nitrogen and oxygen atoms in total. The predicted molar refractivity (Wildman–Crippen MR) is 165 cm³/mol. The Morgan fingerprint density at radius 2 is 1.60 bits per heavy atom. The van der Waals surface area contributed by atoms with E-state index in [2.05, 4.69) is 0 Å². The van der Waals surface area contributed by atoms with Crippen LogP contribution in [0.5, 0.6) is 11.5 Å². The van der Waals surface area contributed by atoms with E-state index in [1.807, 2.05) is 12.1 Å². The number of phenols is 1. The van der Waals surface area contributed by atoms with Crippen molar-refractivity contribution in [1.29, 1.82) is 0 Å². The van der Waals surface area contributed by atoms with Gasteiger partial charge in [-0.1, -0.05) is 48.0 Å². The first-order valence-electron chi connectivity index (χ1n) is 14.8. The molecule has 3 aromatic carbocycles. The summed E-state index contributed by atoms with van der Waals surface area (Å²) in [5.41, 5.74) is 3.78. The highest BCUT2D eigenvalue weighted by Gasteiger charge is 2.56. The lowest BCUT2D eigenvalue weighted by Gasteiger charge is -2.42. The summed E-state index contributed by atoms with van der Waals surface area (Å²) in [5.74, 6) is -3.76. The number of hydrogen-bond acceptors (Lipinski definition) is 7. The highest BCUT2D eigenvalue weighted by Crippen LogP contribution is 2.55. The molecule has 0 bridgehead atoms. The SMILES string of the molecule is COc1ccc(C2C3=CCC4C(=O)N(c5ccc(C(=O)c6ccccc6)cc5)C(=O)C4C3CC3=C2C(=O)C(C)=CC3=O)cc1O. The molecule has 0 radical (unpaired) electrons. The number of rotatable bonds is 5. The highest BCUT2D eigenvalue weighted by atomic mass is 16.5. The summed E-state index contributed by atoms with van der Waals surface area (Å²) in [6, 6.07) is 20.2. The zero-order chi connectivity index (χ0) is 31.6. The van der Waals surface area contributed by atoms with E-state index in [0.717, 1.165) is 5.57 Å². The molecule has 4 atom stereocenters. The van der Waals surface area contributed by atoms with Crippen molar-refractivity contribution in [3.05, 3.63) is 124 Å². The van der Waals surface area contributed by atoms with Crippen LogP contribution in [-0.4, -0.2) is 41.4 Å². The topological polar surface area (TPSA) is 118 Å². The van der Waals surface area contributed by atoms with Crippen molar-refractivity contribution < 1.29 is 33.8 Å². The van der Waals surface area contributed by atoms with Crippen LogP contribution in [0.2, 0.25) is 0 Å². The molecule has 3 aromatic rings. The number of aromatic hydroxyl groups is 1. The second-order valence-corrected chi connectivity index (χ2v) is 11.9. The first-order valence-corrected chi connectivity index (χ1v) is 14.8. The minimum absolute atomic E-state index is 0.108. The third kappa shape index (κ3) is 4.39. The van der Waals surface area contributed by atoms with E-state index in [-0.39, 0.29) is 47.1 Å². The molecule has 2 amide bonds. The summed E-state index contributed by atoms with van der Waals surface area (Å²) in [7, 11) is 1.44. The number of hydrogen-bond donors (Lipinski definition) is 1. The molecule has 0 aromatic heterocycles. The van der Waals surface area contributed by atoms with Gasteiger partial charge in [0.1, 0.15) is 0 Å². The second kappa shape index (κ2) is 10.7. The average molecular weight is 600 g/mol. The number of Topliss-reactive ketones (excluding diaryl/α,β-unsaturated/α-hetero) is 1. The maximum absolute atomic E-state index is 14.2. The van der Waals surface area contributed by atoms with Gasteiger partial charge in [-0.15, -0.1) is 0 Å². The fourth-order valence-corrected chi connectivity index (χ4v) is 7.40. The van der Waals surface area contributed by atoms with Crippen LogP contribution in [0.1, 0.15) is 47.2 Å². The van der Waals surface area contributed by atoms with Crippen molar-refractivity contribution in [1.82, 2.24) is 0 Å². The first kappa shape index (κ1) is 28.4. The number of phenolic OH excluding ortho intramolecular Hbond substituents is 1. The number of benzene rings is 3. The van der Waals surface area contributed by atoms with Crippen molar-refractivity contribution >= 4 is 34.9 Å². The molecule has 224 valence electrons. The fraction of sp³-hybridized carbons (Fsp3) is 0.216. The third-order valence-electron chi connectivity index (χ3n) is 9.52. The number of nitrogens with zero attached hydrogens (tertiary/aromatic N) is 1. The molecule has 1 fully saturated rings. The van der Waals surface area contributed by atoms with Crippen LogP contribution < -0.4 is 9.64 Å². The Labute approximate surface area is 259 Å². The minimum atomic E-state index is -0.735. The van der Waals surface area contributed by atoms with Gasteiger partial charge >= 0.3 is 0 Å². The van der Waals surface area contributed by atoms with Crippen molar-refractivity contribution in [2.24, 2.45) is 17.8 Å². The fourth-order valence-electron chi connectivity index (χ4n) is 7.40. The number of fused-ring (bicyclic) bond motifs is 3. The van der Waals surface area contributed by atoms with Crippen LogP contribution >= 0.6 is 0 Å². The van der Waals surface area contributed by atoms with E-state index in [1.54, 1.807) is 67.6 Å². The summed E-state index contributed by atoms with van der Waals surface area (Å²) >= 11 is 0. The summed E-state index contributed by atoms with van der Waals surface area (Å²) < 4.78 is 5.22. The van der Waals surface area contributed by atoms with Crippen molar-refractivity contribution in [3.63, 3.8) is 0 Å². The van der Waals surface area contributed by atoms with Gasteiger partial charge in [0.15, 0.2) is 28.8 Å². The lowest BCUT2D eigenvalue weighted by Crippen LogP contribution is -2.39. The van der Waals surface area contributed by atoms with Crippen LogP contribution in [0.4, 0.5) is 5.69 Å². The van der Waals surface area contributed by atoms with Gasteiger partial charge in [0, 0.05) is 33.8 Å². The molecule has 4 aliphatic rings. The van der Waals surface area contributed by atoms with Gasteiger partial charge in [-0.2, -0.15) is 0 Å². The zero-order valence-electron chi connectivity index (χ0n) is 24.7. The molecular weight excluding hydrogens is 570 g/mol. The summed E-state index contributed by atoms with van der Waals surface area (Å²) in [5, 5.41) is 10.6. The summed E-state index contributed by atoms with van der Waals surface area (Å²) in [6.45, 7) is 1.61. The molecule has 1 saturated heterocycles. The van der Waals surface area contributed by atoms with Crippen LogP contribution in [0.25, 0.3) is 0 Å². The quantitative estimate of drug-likeness (QED) is 0.184. The maximum atomic E-state index is 14.2. The standard InChI is InChI=1S/C37H29NO7/c1-19-16-28(39)27-18-26-24(31(33(27)34(19)41)22-10-15-30(45-2)29(40)17-22)13-14-25-32(26)37(44)38(36(25)43)23-11-8-21(9-12-23)35(42)20-6-4-3-5-7-20/h3-13,15-17,25-26,31-32,40H,14,18H2,1-2H3. The van der Waals surface area contributed by atoms with E-state index < -0.39 is 23.7 Å². The first-order chi connectivity index (χ1) is 21.7. The van der Waals surface area contributed by atoms with Crippen molar-refractivity contribution in [3.8, 4) is 11.5 Å². The zero-order valence-corrected chi connectivity index (χ0v) is 24.7. The Morgan fingerprint density at radius 3 is 2.29 bits per heavy atom. The van der Waals surface area contributed by atoms with Gasteiger partial charge in [0.05, 0.1) is 24.6 Å². The lowest BCUT2D eigenvalue weighted by molar-refractivity contribution is -0.123. The summed E-state index contributed by atoms with van der Waals surface area (Å²) in [4.78, 5) is 69.0. The Morgan fingerprint density at radius 1 is 0.889 bits per heavy atom. The minimum Gasteiger partial charge on any atom is -0.504 e. The third-order valence-corrected chi connectivity index (χ3v) is 9.52. The second-order valence-electron chi connectivity index (χ2n) is 11.9. The van der Waals surface area contributed by atoms with Gasteiger partial charge in [0.2, 0.25) is 11.8 Å². The number of methoxy groups -OCH3 is 1. The van der Waals surface area contributed by atoms with Gasteiger partial charge in [-0.25, -0.2) is 0 Å². The Hall–Kier alpha value is -5.37. The Bertz CT molecular complexity index is 1920. The van der Waals surface area contributed by atoms with Gasteiger partial charge in [-0.3, -0.25) is 28.9 Å². The van der Waals surface area contributed by atoms with Gasteiger partial charge < -0.3 is 9.84 Å². The molecule has 7 rings (SSSR count). The van der Waals surface area contributed by atoms with E-state index in [0.29, 0.717) is 45.5 Å². The van der Waals surface area contributed by atoms with Crippen molar-refractivity contribution in [2.45, 2.75) is 25.7 Å². The largest absolute Gasteiger partial charge is 0.504 e. The molecule has 1 heterocycles. The number of carbonyl (C=O) groups is 5. The molecule has 1 N–H and O–H groups in total. The van der Waals surface area contributed by atoms with Crippen LogP contribution in [0.3, 0.4) is 0 Å². The van der Waals surface area contributed by atoms with Crippen LogP contribution in [-0.2, 0) is 19.2 Å².